The van der Waals surface area contributed by atoms with Crippen LogP contribution < -0.4 is 5.32 Å². The second-order valence-electron chi connectivity index (χ2n) is 7.63. The van der Waals surface area contributed by atoms with Gasteiger partial charge < -0.3 is 10.1 Å². The SMILES string of the molecule is Cc1ccc(-c2cc(NC(=O)COC(=O)c3ccc(S(C)=O)cc3)n(-c3ccccc3)n2)cc1. The van der Waals surface area contributed by atoms with Gasteiger partial charge in [-0.1, -0.05) is 48.0 Å². The molecule has 0 saturated heterocycles. The molecule has 0 radical (unpaired) electrons. The van der Waals surface area contributed by atoms with Gasteiger partial charge in [0.05, 0.1) is 16.9 Å². The molecule has 4 aromatic rings. The van der Waals surface area contributed by atoms with Gasteiger partial charge >= 0.3 is 5.97 Å². The van der Waals surface area contributed by atoms with E-state index < -0.39 is 29.3 Å². The van der Waals surface area contributed by atoms with Crippen molar-refractivity contribution in [1.82, 2.24) is 9.78 Å². The fourth-order valence-corrected chi connectivity index (χ4v) is 3.80. The third-order valence-electron chi connectivity index (χ3n) is 5.08. The smallest absolute Gasteiger partial charge is 0.338 e. The Hall–Kier alpha value is -4.04. The van der Waals surface area contributed by atoms with Crippen LogP contribution in [0.2, 0.25) is 0 Å². The van der Waals surface area contributed by atoms with Gasteiger partial charge in [0.25, 0.3) is 5.91 Å². The monoisotopic (exact) mass is 473 g/mol. The summed E-state index contributed by atoms with van der Waals surface area (Å²) >= 11 is 0. The number of hydrogen-bond donors (Lipinski definition) is 1. The molecule has 0 aliphatic carbocycles. The average molecular weight is 474 g/mol. The first kappa shape index (κ1) is 23.1. The number of aryl methyl sites for hydroxylation is 1. The third-order valence-corrected chi connectivity index (χ3v) is 6.02. The van der Waals surface area contributed by atoms with E-state index in [0.717, 1.165) is 16.8 Å². The third kappa shape index (κ3) is 5.47. The van der Waals surface area contributed by atoms with Gasteiger partial charge in [-0.3, -0.25) is 9.00 Å². The van der Waals surface area contributed by atoms with Gasteiger partial charge in [0.15, 0.2) is 6.61 Å². The number of carbonyl (C=O) groups is 2. The first-order chi connectivity index (χ1) is 16.4. The molecule has 34 heavy (non-hydrogen) atoms. The first-order valence-corrected chi connectivity index (χ1v) is 12.1. The molecule has 1 heterocycles. The van der Waals surface area contributed by atoms with Crippen LogP contribution in [-0.2, 0) is 20.3 Å². The molecule has 0 fully saturated rings. The first-order valence-electron chi connectivity index (χ1n) is 10.5. The molecule has 3 aromatic carbocycles. The number of rotatable bonds is 7. The van der Waals surface area contributed by atoms with E-state index in [1.54, 1.807) is 29.1 Å². The second kappa shape index (κ2) is 10.3. The standard InChI is InChI=1S/C26H23N3O4S/c1-18-8-10-19(11-9-18)23-16-24(29(28-23)21-6-4-3-5-7-21)27-25(30)17-33-26(31)20-12-14-22(15-13-20)34(2)32/h3-16H,17H2,1-2H3,(H,27,30). The highest BCUT2D eigenvalue weighted by atomic mass is 32.2. The Balaban J connectivity index is 1.49. The number of anilines is 1. The van der Waals surface area contributed by atoms with Crippen molar-refractivity contribution in [1.29, 1.82) is 0 Å². The van der Waals surface area contributed by atoms with Crippen LogP contribution in [-0.4, -0.2) is 38.7 Å². The van der Waals surface area contributed by atoms with Crippen molar-refractivity contribution in [3.05, 3.63) is 96.1 Å². The molecule has 1 amide bonds. The Morgan fingerprint density at radius 2 is 1.65 bits per heavy atom. The lowest BCUT2D eigenvalue weighted by Gasteiger charge is -2.09. The Kier molecular flexibility index (Phi) is 6.98. The van der Waals surface area contributed by atoms with Gasteiger partial charge in [-0.2, -0.15) is 5.10 Å². The second-order valence-corrected chi connectivity index (χ2v) is 9.01. The number of nitrogens with one attached hydrogen (secondary N) is 1. The Bertz CT molecular complexity index is 1330. The maximum atomic E-state index is 12.6. The Labute approximate surface area is 199 Å². The van der Waals surface area contributed by atoms with Crippen LogP contribution in [0, 0.1) is 6.92 Å². The van der Waals surface area contributed by atoms with E-state index in [2.05, 4.69) is 10.4 Å². The molecule has 1 aromatic heterocycles. The van der Waals surface area contributed by atoms with Crippen molar-refractivity contribution in [2.24, 2.45) is 0 Å². The summed E-state index contributed by atoms with van der Waals surface area (Å²) in [6, 6.07) is 25.4. The lowest BCUT2D eigenvalue weighted by atomic mass is 10.1. The molecule has 8 heteroatoms. The van der Waals surface area contributed by atoms with Crippen molar-refractivity contribution in [2.45, 2.75) is 11.8 Å². The molecule has 7 nitrogen and oxygen atoms in total. The van der Waals surface area contributed by atoms with E-state index in [1.807, 2.05) is 61.5 Å². The summed E-state index contributed by atoms with van der Waals surface area (Å²) in [6.07, 6.45) is 1.56. The summed E-state index contributed by atoms with van der Waals surface area (Å²) in [6.45, 7) is 1.55. The Morgan fingerprint density at radius 1 is 0.971 bits per heavy atom. The van der Waals surface area contributed by atoms with E-state index >= 15 is 0 Å². The van der Waals surface area contributed by atoms with E-state index in [0.29, 0.717) is 16.4 Å². The maximum Gasteiger partial charge on any atom is 0.338 e. The molecule has 0 saturated carbocycles. The Morgan fingerprint density at radius 3 is 2.29 bits per heavy atom. The predicted octanol–water partition coefficient (Wildman–Crippen LogP) is 4.38. The number of aromatic nitrogens is 2. The van der Waals surface area contributed by atoms with E-state index in [-0.39, 0.29) is 5.56 Å². The largest absolute Gasteiger partial charge is 0.452 e. The molecule has 172 valence electrons. The van der Waals surface area contributed by atoms with Crippen LogP contribution in [0.1, 0.15) is 15.9 Å². The topological polar surface area (TPSA) is 90.3 Å². The minimum atomic E-state index is -1.14. The van der Waals surface area contributed by atoms with Crippen LogP contribution in [0.25, 0.3) is 16.9 Å². The minimum Gasteiger partial charge on any atom is -0.452 e. The molecule has 0 spiro atoms. The molecule has 0 aliphatic heterocycles. The van der Waals surface area contributed by atoms with Crippen molar-refractivity contribution >= 4 is 28.5 Å². The number of amides is 1. The van der Waals surface area contributed by atoms with E-state index in [4.69, 9.17) is 4.74 Å². The lowest BCUT2D eigenvalue weighted by molar-refractivity contribution is -0.119. The zero-order valence-corrected chi connectivity index (χ0v) is 19.5. The fourth-order valence-electron chi connectivity index (χ4n) is 3.28. The minimum absolute atomic E-state index is 0.276. The van der Waals surface area contributed by atoms with Gasteiger partial charge in [-0.15, -0.1) is 0 Å². The van der Waals surface area contributed by atoms with Gasteiger partial charge in [-0.25, -0.2) is 9.48 Å². The lowest BCUT2D eigenvalue weighted by Crippen LogP contribution is -2.22. The number of para-hydroxylation sites is 1. The molecule has 1 atom stereocenters. The van der Waals surface area contributed by atoms with Crippen molar-refractivity contribution < 1.29 is 18.5 Å². The van der Waals surface area contributed by atoms with Gasteiger partial charge in [-0.05, 0) is 43.3 Å². The normalized spacial score (nSPS) is 11.6. The number of benzene rings is 3. The zero-order chi connectivity index (χ0) is 24.1. The number of esters is 1. The van der Waals surface area contributed by atoms with Crippen LogP contribution in [0.15, 0.2) is 89.8 Å². The van der Waals surface area contributed by atoms with Crippen LogP contribution in [0.4, 0.5) is 5.82 Å². The van der Waals surface area contributed by atoms with Crippen molar-refractivity contribution in [3.8, 4) is 16.9 Å². The molecular formula is C26H23N3O4S. The molecular weight excluding hydrogens is 450 g/mol. The molecule has 4 rings (SSSR count). The van der Waals surface area contributed by atoms with E-state index in [9.17, 15) is 13.8 Å². The zero-order valence-electron chi connectivity index (χ0n) is 18.7. The highest BCUT2D eigenvalue weighted by Gasteiger charge is 2.16. The van der Waals surface area contributed by atoms with Gasteiger partial charge in [0.2, 0.25) is 0 Å². The summed E-state index contributed by atoms with van der Waals surface area (Å²) in [5, 5.41) is 7.45. The number of ether oxygens (including phenoxy) is 1. The summed E-state index contributed by atoms with van der Waals surface area (Å²) in [4.78, 5) is 25.5. The van der Waals surface area contributed by atoms with Crippen LogP contribution in [0.5, 0.6) is 0 Å². The summed E-state index contributed by atoms with van der Waals surface area (Å²) < 4.78 is 18.3. The van der Waals surface area contributed by atoms with Crippen LogP contribution >= 0.6 is 0 Å². The number of nitrogens with zero attached hydrogens (tertiary/aromatic N) is 2. The highest BCUT2D eigenvalue weighted by Crippen LogP contribution is 2.25. The van der Waals surface area contributed by atoms with Gasteiger partial charge in [0.1, 0.15) is 5.82 Å². The number of carbonyl (C=O) groups excluding carboxylic acids is 2. The van der Waals surface area contributed by atoms with E-state index in [1.165, 1.54) is 12.1 Å². The maximum absolute atomic E-state index is 12.6. The fraction of sp³-hybridized carbons (Fsp3) is 0.115. The molecule has 1 unspecified atom stereocenters. The van der Waals surface area contributed by atoms with Gasteiger partial charge in [0, 0.05) is 33.6 Å². The number of hydrogen-bond acceptors (Lipinski definition) is 5. The van der Waals surface area contributed by atoms with Crippen LogP contribution in [0.3, 0.4) is 0 Å². The predicted molar refractivity (Wildman–Crippen MR) is 131 cm³/mol. The van der Waals surface area contributed by atoms with Crippen molar-refractivity contribution in [2.75, 3.05) is 18.2 Å². The highest BCUT2D eigenvalue weighted by molar-refractivity contribution is 7.84. The van der Waals surface area contributed by atoms with Crippen molar-refractivity contribution in [3.63, 3.8) is 0 Å². The average Bonchev–Trinajstić information content (AvgIpc) is 3.27. The molecule has 0 bridgehead atoms. The quantitative estimate of drug-likeness (QED) is 0.402. The summed E-state index contributed by atoms with van der Waals surface area (Å²) in [5.41, 5.74) is 3.81. The molecule has 0 aliphatic rings. The summed E-state index contributed by atoms with van der Waals surface area (Å²) in [7, 11) is -1.14. The molecule has 1 N–H and O–H groups in total. The summed E-state index contributed by atoms with van der Waals surface area (Å²) in [5.74, 6) is -0.676.